The van der Waals surface area contributed by atoms with Gasteiger partial charge in [0.2, 0.25) is 0 Å². The zero-order valence-electron chi connectivity index (χ0n) is 12.4. The highest BCUT2D eigenvalue weighted by molar-refractivity contribution is 5.86. The van der Waals surface area contributed by atoms with E-state index in [0.717, 1.165) is 11.0 Å². The Morgan fingerprint density at radius 2 is 2.05 bits per heavy atom. The number of hydrogen-bond acceptors (Lipinski definition) is 6. The minimum Gasteiger partial charge on any atom is -0.462 e. The minimum atomic E-state index is 0.303. The van der Waals surface area contributed by atoms with E-state index in [1.54, 1.807) is 10.9 Å². The van der Waals surface area contributed by atoms with Gasteiger partial charge in [-0.05, 0) is 5.56 Å². The Bertz CT molecular complexity index is 755. The van der Waals surface area contributed by atoms with Crippen LogP contribution in [0.5, 0.6) is 6.01 Å². The summed E-state index contributed by atoms with van der Waals surface area (Å²) in [5, 5.41) is 8.40. The molecule has 3 rings (SSSR count). The maximum Gasteiger partial charge on any atom is 0.320 e. The summed E-state index contributed by atoms with van der Waals surface area (Å²) < 4.78 is 7.15. The second-order valence-corrected chi connectivity index (χ2v) is 4.84. The van der Waals surface area contributed by atoms with Crippen molar-refractivity contribution >= 4 is 16.9 Å². The Hall–Kier alpha value is -2.67. The van der Waals surface area contributed by atoms with Gasteiger partial charge in [0.1, 0.15) is 12.4 Å². The number of ether oxygens (including phenoxy) is 1. The predicted molar refractivity (Wildman–Crippen MR) is 84.6 cm³/mol. The van der Waals surface area contributed by atoms with Crippen LogP contribution in [-0.4, -0.2) is 32.9 Å². The lowest BCUT2D eigenvalue weighted by atomic mass is 10.2. The van der Waals surface area contributed by atoms with Crippen molar-refractivity contribution in [1.29, 1.82) is 0 Å². The summed E-state index contributed by atoms with van der Waals surface area (Å²) in [5.41, 5.74) is 7.35. The number of aryl methyl sites for hydroxylation is 1. The number of aromatic nitrogens is 4. The fourth-order valence-corrected chi connectivity index (χ4v) is 2.13. The first-order chi connectivity index (χ1) is 10.8. The van der Waals surface area contributed by atoms with E-state index in [4.69, 9.17) is 10.5 Å². The predicted octanol–water partition coefficient (Wildman–Crippen LogP) is 1.31. The molecule has 2 heterocycles. The molecule has 0 aliphatic carbocycles. The van der Waals surface area contributed by atoms with E-state index in [-0.39, 0.29) is 0 Å². The van der Waals surface area contributed by atoms with Gasteiger partial charge in [0.15, 0.2) is 5.65 Å². The van der Waals surface area contributed by atoms with Crippen LogP contribution in [0.2, 0.25) is 0 Å². The maximum absolute atomic E-state index is 5.46. The molecule has 0 spiro atoms. The van der Waals surface area contributed by atoms with E-state index in [1.807, 2.05) is 25.2 Å². The average molecular weight is 298 g/mol. The molecule has 0 radical (unpaired) electrons. The molecule has 0 aliphatic rings. The van der Waals surface area contributed by atoms with Gasteiger partial charge in [-0.2, -0.15) is 15.1 Å². The van der Waals surface area contributed by atoms with Crippen LogP contribution in [-0.2, 0) is 13.6 Å². The van der Waals surface area contributed by atoms with Gasteiger partial charge in [0.05, 0.1) is 11.6 Å². The number of nitrogens with two attached hydrogens (primary N) is 1. The summed E-state index contributed by atoms with van der Waals surface area (Å²) in [4.78, 5) is 8.77. The smallest absolute Gasteiger partial charge is 0.320 e. The SMILES string of the molecule is Cn1ncc2c(NCc3ccccc3)nc(OCCN)nc21. The first kappa shape index (κ1) is 14.3. The van der Waals surface area contributed by atoms with E-state index in [9.17, 15) is 0 Å². The van der Waals surface area contributed by atoms with E-state index in [0.29, 0.717) is 31.5 Å². The molecular weight excluding hydrogens is 280 g/mol. The molecule has 0 unspecified atom stereocenters. The molecule has 0 aliphatic heterocycles. The molecule has 0 fully saturated rings. The van der Waals surface area contributed by atoms with Crippen LogP contribution >= 0.6 is 0 Å². The van der Waals surface area contributed by atoms with Crippen molar-refractivity contribution in [2.24, 2.45) is 12.8 Å². The number of fused-ring (bicyclic) bond motifs is 1. The van der Waals surface area contributed by atoms with Crippen LogP contribution in [0, 0.1) is 0 Å². The highest BCUT2D eigenvalue weighted by Crippen LogP contribution is 2.22. The highest BCUT2D eigenvalue weighted by atomic mass is 16.5. The largest absolute Gasteiger partial charge is 0.462 e. The molecule has 1 aromatic carbocycles. The molecule has 3 N–H and O–H groups in total. The molecule has 3 aromatic rings. The Morgan fingerprint density at radius 1 is 1.23 bits per heavy atom. The summed E-state index contributed by atoms with van der Waals surface area (Å²) in [6.07, 6.45) is 1.75. The molecule has 0 amide bonds. The van der Waals surface area contributed by atoms with Crippen LogP contribution < -0.4 is 15.8 Å². The number of anilines is 1. The Kier molecular flexibility index (Phi) is 4.15. The lowest BCUT2D eigenvalue weighted by Gasteiger charge is -2.09. The molecule has 0 saturated heterocycles. The summed E-state index contributed by atoms with van der Waals surface area (Å²) in [5.74, 6) is 0.703. The third-order valence-electron chi connectivity index (χ3n) is 3.22. The van der Waals surface area contributed by atoms with E-state index < -0.39 is 0 Å². The third-order valence-corrected chi connectivity index (χ3v) is 3.22. The second-order valence-electron chi connectivity index (χ2n) is 4.84. The van der Waals surface area contributed by atoms with Crippen molar-refractivity contribution in [2.45, 2.75) is 6.54 Å². The number of benzene rings is 1. The molecule has 22 heavy (non-hydrogen) atoms. The van der Waals surface area contributed by atoms with E-state index in [1.165, 1.54) is 5.56 Å². The zero-order chi connectivity index (χ0) is 15.4. The number of nitrogens with one attached hydrogen (secondary N) is 1. The summed E-state index contributed by atoms with van der Waals surface area (Å²) in [6.45, 7) is 1.46. The third kappa shape index (κ3) is 2.99. The molecule has 0 bridgehead atoms. The molecule has 7 heteroatoms. The average Bonchev–Trinajstić information content (AvgIpc) is 2.93. The van der Waals surface area contributed by atoms with Gasteiger partial charge in [-0.15, -0.1) is 0 Å². The fourth-order valence-electron chi connectivity index (χ4n) is 2.13. The first-order valence-electron chi connectivity index (χ1n) is 7.08. The normalized spacial score (nSPS) is 10.8. The van der Waals surface area contributed by atoms with Crippen molar-refractivity contribution in [3.8, 4) is 6.01 Å². The summed E-state index contributed by atoms with van der Waals surface area (Å²) in [7, 11) is 1.84. The first-order valence-corrected chi connectivity index (χ1v) is 7.08. The standard InChI is InChI=1S/C15H18N6O/c1-21-14-12(10-18-21)13(19-15(20-14)22-8-7-16)17-9-11-5-3-2-4-6-11/h2-6,10H,7-9,16H2,1H3,(H,17,19,20). The topological polar surface area (TPSA) is 90.9 Å². The lowest BCUT2D eigenvalue weighted by Crippen LogP contribution is -2.13. The van der Waals surface area contributed by atoms with Crippen molar-refractivity contribution in [3.63, 3.8) is 0 Å². The molecule has 0 atom stereocenters. The van der Waals surface area contributed by atoms with Gasteiger partial charge in [0, 0.05) is 20.1 Å². The zero-order valence-corrected chi connectivity index (χ0v) is 12.4. The summed E-state index contributed by atoms with van der Waals surface area (Å²) in [6, 6.07) is 10.4. The fraction of sp³-hybridized carbons (Fsp3) is 0.267. The van der Waals surface area contributed by atoms with Gasteiger partial charge in [-0.25, -0.2) is 0 Å². The van der Waals surface area contributed by atoms with Crippen LogP contribution in [0.3, 0.4) is 0 Å². The molecule has 7 nitrogen and oxygen atoms in total. The summed E-state index contributed by atoms with van der Waals surface area (Å²) >= 11 is 0. The molecule has 0 saturated carbocycles. The number of rotatable bonds is 6. The molecular formula is C15H18N6O. The minimum absolute atomic E-state index is 0.303. The van der Waals surface area contributed by atoms with Crippen molar-refractivity contribution < 1.29 is 4.74 Å². The Labute approximate surface area is 128 Å². The van der Waals surface area contributed by atoms with Gasteiger partial charge in [-0.3, -0.25) is 4.68 Å². The quantitative estimate of drug-likeness (QED) is 0.713. The lowest BCUT2D eigenvalue weighted by molar-refractivity contribution is 0.303. The van der Waals surface area contributed by atoms with E-state index >= 15 is 0 Å². The van der Waals surface area contributed by atoms with Crippen LogP contribution in [0.1, 0.15) is 5.56 Å². The van der Waals surface area contributed by atoms with Gasteiger partial charge in [-0.1, -0.05) is 30.3 Å². The van der Waals surface area contributed by atoms with Crippen molar-refractivity contribution in [3.05, 3.63) is 42.1 Å². The second kappa shape index (κ2) is 6.40. The highest BCUT2D eigenvalue weighted by Gasteiger charge is 2.12. The molecule has 2 aromatic heterocycles. The van der Waals surface area contributed by atoms with Crippen LogP contribution in [0.25, 0.3) is 11.0 Å². The maximum atomic E-state index is 5.46. The Morgan fingerprint density at radius 3 is 2.82 bits per heavy atom. The van der Waals surface area contributed by atoms with Crippen molar-refractivity contribution in [1.82, 2.24) is 19.7 Å². The Balaban J connectivity index is 1.89. The van der Waals surface area contributed by atoms with Crippen LogP contribution in [0.15, 0.2) is 36.5 Å². The number of nitrogens with zero attached hydrogens (tertiary/aromatic N) is 4. The van der Waals surface area contributed by atoms with Gasteiger partial charge >= 0.3 is 6.01 Å². The van der Waals surface area contributed by atoms with Gasteiger partial charge < -0.3 is 15.8 Å². The van der Waals surface area contributed by atoms with E-state index in [2.05, 4.69) is 32.5 Å². The molecule has 114 valence electrons. The van der Waals surface area contributed by atoms with Crippen LogP contribution in [0.4, 0.5) is 5.82 Å². The van der Waals surface area contributed by atoms with Crippen molar-refractivity contribution in [2.75, 3.05) is 18.5 Å². The van der Waals surface area contributed by atoms with Gasteiger partial charge in [0.25, 0.3) is 0 Å². The number of hydrogen-bond donors (Lipinski definition) is 2. The monoisotopic (exact) mass is 298 g/mol.